The number of Topliss-reactive ketones (excluding diaryl/α,β-unsaturated/α-hetero) is 2. The van der Waals surface area contributed by atoms with Crippen LogP contribution in [0.5, 0.6) is 0 Å². The molecule has 0 bridgehead atoms. The summed E-state index contributed by atoms with van der Waals surface area (Å²) < 4.78 is 0. The number of benzene rings is 1. The highest BCUT2D eigenvalue weighted by Crippen LogP contribution is 2.35. The molecule has 2 aromatic rings. The number of aromatic nitrogens is 1. The van der Waals surface area contributed by atoms with Gasteiger partial charge in [0.25, 0.3) is 0 Å². The fraction of sp³-hybridized carbons (Fsp3) is 0.278. The van der Waals surface area contributed by atoms with Crippen molar-refractivity contribution in [3.05, 3.63) is 66.0 Å². The Labute approximate surface area is 124 Å². The number of hydrogen-bond donors (Lipinski definition) is 0. The molecule has 0 amide bonds. The van der Waals surface area contributed by atoms with E-state index in [-0.39, 0.29) is 17.5 Å². The second kappa shape index (κ2) is 6.00. The lowest BCUT2D eigenvalue weighted by molar-refractivity contribution is -0.123. The van der Waals surface area contributed by atoms with Gasteiger partial charge >= 0.3 is 0 Å². The Bertz CT molecular complexity index is 637. The Morgan fingerprint density at radius 2 is 1.90 bits per heavy atom. The van der Waals surface area contributed by atoms with E-state index in [0.717, 1.165) is 6.42 Å². The number of hydrogen-bond acceptors (Lipinski definition) is 3. The van der Waals surface area contributed by atoms with Crippen LogP contribution in [-0.4, -0.2) is 16.6 Å². The lowest BCUT2D eigenvalue weighted by Crippen LogP contribution is -2.30. The van der Waals surface area contributed by atoms with E-state index in [1.807, 2.05) is 18.2 Å². The third-order valence-electron chi connectivity index (χ3n) is 4.18. The lowest BCUT2D eigenvalue weighted by atomic mass is 9.74. The molecule has 3 heteroatoms. The predicted octanol–water partition coefficient (Wildman–Crippen LogP) is 3.42. The van der Waals surface area contributed by atoms with Crippen LogP contribution in [0.25, 0.3) is 0 Å². The molecular formula is C18H17NO2. The van der Waals surface area contributed by atoms with Crippen LogP contribution in [-0.2, 0) is 4.79 Å². The second-order valence-corrected chi connectivity index (χ2v) is 5.51. The number of carbonyl (C=O) groups excluding carboxylic acids is 2. The first-order valence-electron chi connectivity index (χ1n) is 7.27. The van der Waals surface area contributed by atoms with Gasteiger partial charge in [-0.1, -0.05) is 30.3 Å². The normalized spacial score (nSPS) is 22.0. The molecule has 1 fully saturated rings. The van der Waals surface area contributed by atoms with Gasteiger partial charge in [0.2, 0.25) is 0 Å². The van der Waals surface area contributed by atoms with Crippen LogP contribution in [0, 0.1) is 5.92 Å². The zero-order chi connectivity index (χ0) is 14.7. The molecule has 106 valence electrons. The molecule has 0 radical (unpaired) electrons. The molecule has 2 unspecified atom stereocenters. The fourth-order valence-electron chi connectivity index (χ4n) is 3.02. The summed E-state index contributed by atoms with van der Waals surface area (Å²) in [6.45, 7) is 0. The minimum atomic E-state index is -0.520. The van der Waals surface area contributed by atoms with Gasteiger partial charge in [0.05, 0.1) is 5.92 Å². The molecular weight excluding hydrogens is 262 g/mol. The molecule has 1 heterocycles. The molecule has 3 nitrogen and oxygen atoms in total. The molecule has 1 aliphatic rings. The molecule has 2 atom stereocenters. The van der Waals surface area contributed by atoms with Crippen LogP contribution in [0.1, 0.15) is 41.1 Å². The Hall–Kier alpha value is -2.29. The molecule has 1 aliphatic carbocycles. The monoisotopic (exact) mass is 279 g/mol. The highest BCUT2D eigenvalue weighted by Gasteiger charge is 2.34. The Morgan fingerprint density at radius 3 is 2.62 bits per heavy atom. The lowest BCUT2D eigenvalue weighted by Gasteiger charge is -2.27. The smallest absolute Gasteiger partial charge is 0.174 e. The molecule has 1 aromatic carbocycles. The number of rotatable bonds is 3. The van der Waals surface area contributed by atoms with Crippen molar-refractivity contribution in [1.82, 2.24) is 4.98 Å². The Morgan fingerprint density at radius 1 is 1.10 bits per heavy atom. The van der Waals surface area contributed by atoms with Gasteiger partial charge in [-0.3, -0.25) is 14.6 Å². The number of nitrogens with zero attached hydrogens (tertiary/aromatic N) is 1. The average molecular weight is 279 g/mol. The van der Waals surface area contributed by atoms with Crippen LogP contribution in [0.2, 0.25) is 0 Å². The zero-order valence-corrected chi connectivity index (χ0v) is 11.7. The molecule has 0 N–H and O–H groups in total. The molecule has 3 rings (SSSR count). The first kappa shape index (κ1) is 13.7. The molecule has 1 saturated carbocycles. The van der Waals surface area contributed by atoms with E-state index in [1.54, 1.807) is 24.5 Å². The van der Waals surface area contributed by atoms with E-state index >= 15 is 0 Å². The number of carbonyl (C=O) groups is 2. The van der Waals surface area contributed by atoms with Crippen molar-refractivity contribution in [2.75, 3.05) is 0 Å². The van der Waals surface area contributed by atoms with E-state index in [4.69, 9.17) is 0 Å². The first-order valence-corrected chi connectivity index (χ1v) is 7.27. The molecule has 1 aromatic heterocycles. The molecule has 0 spiro atoms. The van der Waals surface area contributed by atoms with E-state index < -0.39 is 5.92 Å². The average Bonchev–Trinajstić information content (AvgIpc) is 2.56. The third-order valence-corrected chi connectivity index (χ3v) is 4.18. The number of ketones is 2. The van der Waals surface area contributed by atoms with Crippen molar-refractivity contribution in [2.24, 2.45) is 5.92 Å². The molecule has 0 saturated heterocycles. The maximum Gasteiger partial charge on any atom is 0.174 e. The van der Waals surface area contributed by atoms with E-state index in [2.05, 4.69) is 17.1 Å². The van der Waals surface area contributed by atoms with E-state index in [1.165, 1.54) is 5.56 Å². The van der Waals surface area contributed by atoms with Crippen LogP contribution < -0.4 is 0 Å². The predicted molar refractivity (Wildman–Crippen MR) is 80.1 cm³/mol. The summed E-state index contributed by atoms with van der Waals surface area (Å²) in [5.41, 5.74) is 1.75. The van der Waals surface area contributed by atoms with Gasteiger partial charge in [0, 0.05) is 24.4 Å². The maximum atomic E-state index is 12.5. The van der Waals surface area contributed by atoms with Gasteiger partial charge in [0.1, 0.15) is 5.78 Å². The van der Waals surface area contributed by atoms with Crippen LogP contribution in [0.15, 0.2) is 54.9 Å². The van der Waals surface area contributed by atoms with Crippen molar-refractivity contribution >= 4 is 11.6 Å². The number of pyridine rings is 1. The Balaban J connectivity index is 1.81. The minimum absolute atomic E-state index is 0.0658. The highest BCUT2D eigenvalue weighted by atomic mass is 16.1. The summed E-state index contributed by atoms with van der Waals surface area (Å²) in [5, 5.41) is 0. The SMILES string of the molecule is O=C1CCC(c2ccccc2)CC1C(=O)c1cccnc1. The van der Waals surface area contributed by atoms with Gasteiger partial charge in [-0.25, -0.2) is 0 Å². The third kappa shape index (κ3) is 2.92. The van der Waals surface area contributed by atoms with Gasteiger partial charge in [0.15, 0.2) is 5.78 Å². The van der Waals surface area contributed by atoms with Crippen molar-refractivity contribution in [3.8, 4) is 0 Å². The summed E-state index contributed by atoms with van der Waals surface area (Å²) in [7, 11) is 0. The quantitative estimate of drug-likeness (QED) is 0.639. The molecule has 21 heavy (non-hydrogen) atoms. The van der Waals surface area contributed by atoms with E-state index in [0.29, 0.717) is 18.4 Å². The summed E-state index contributed by atoms with van der Waals surface area (Å²) in [6.07, 6.45) is 5.10. The van der Waals surface area contributed by atoms with Gasteiger partial charge in [-0.05, 0) is 36.5 Å². The van der Waals surface area contributed by atoms with Crippen LogP contribution in [0.4, 0.5) is 0 Å². The van der Waals surface area contributed by atoms with Crippen LogP contribution >= 0.6 is 0 Å². The second-order valence-electron chi connectivity index (χ2n) is 5.51. The van der Waals surface area contributed by atoms with E-state index in [9.17, 15) is 9.59 Å². The van der Waals surface area contributed by atoms with Gasteiger partial charge in [-0.15, -0.1) is 0 Å². The topological polar surface area (TPSA) is 47.0 Å². The largest absolute Gasteiger partial charge is 0.299 e. The summed E-state index contributed by atoms with van der Waals surface area (Å²) >= 11 is 0. The van der Waals surface area contributed by atoms with Crippen molar-refractivity contribution in [2.45, 2.75) is 25.2 Å². The van der Waals surface area contributed by atoms with Crippen molar-refractivity contribution in [3.63, 3.8) is 0 Å². The Kier molecular flexibility index (Phi) is 3.91. The first-order chi connectivity index (χ1) is 10.3. The molecule has 0 aliphatic heterocycles. The summed E-state index contributed by atoms with van der Waals surface area (Å²) in [6, 6.07) is 13.6. The minimum Gasteiger partial charge on any atom is -0.299 e. The van der Waals surface area contributed by atoms with Gasteiger partial charge < -0.3 is 0 Å². The van der Waals surface area contributed by atoms with Gasteiger partial charge in [-0.2, -0.15) is 0 Å². The summed E-state index contributed by atoms with van der Waals surface area (Å²) in [4.78, 5) is 28.6. The standard InChI is InChI=1S/C18H17NO2/c20-17-9-8-14(13-5-2-1-3-6-13)11-16(17)18(21)15-7-4-10-19-12-15/h1-7,10,12,14,16H,8-9,11H2. The van der Waals surface area contributed by atoms with Crippen molar-refractivity contribution < 1.29 is 9.59 Å². The fourth-order valence-corrected chi connectivity index (χ4v) is 3.02. The van der Waals surface area contributed by atoms with Crippen LogP contribution in [0.3, 0.4) is 0 Å². The maximum absolute atomic E-state index is 12.5. The zero-order valence-electron chi connectivity index (χ0n) is 11.7. The van der Waals surface area contributed by atoms with Crippen molar-refractivity contribution in [1.29, 1.82) is 0 Å². The summed E-state index contributed by atoms with van der Waals surface area (Å²) in [5.74, 6) is -0.257. The highest BCUT2D eigenvalue weighted by molar-refractivity contribution is 6.10.